The molecule has 6 nitrogen and oxygen atoms in total. The van der Waals surface area contributed by atoms with Crippen LogP contribution in [0.3, 0.4) is 0 Å². The predicted molar refractivity (Wildman–Crippen MR) is 111 cm³/mol. The second-order valence-electron chi connectivity index (χ2n) is 6.93. The molecule has 0 radical (unpaired) electrons. The van der Waals surface area contributed by atoms with Crippen LogP contribution in [0.1, 0.15) is 36.7 Å². The van der Waals surface area contributed by atoms with Gasteiger partial charge in [0.05, 0.1) is 11.1 Å². The highest BCUT2D eigenvalue weighted by atomic mass is 32.1. The summed E-state index contributed by atoms with van der Waals surface area (Å²) in [7, 11) is 0. The normalized spacial score (nSPS) is 15.3. The summed E-state index contributed by atoms with van der Waals surface area (Å²) < 4.78 is 22.0. The number of ether oxygens (including phenoxy) is 4. The van der Waals surface area contributed by atoms with Crippen molar-refractivity contribution in [1.29, 1.82) is 0 Å². The molecule has 0 N–H and O–H groups in total. The quantitative estimate of drug-likeness (QED) is 0.340. The fraction of sp³-hybridized carbons (Fsp3) is 0.130. The van der Waals surface area contributed by atoms with Gasteiger partial charge in [0.2, 0.25) is 12.6 Å². The monoisotopic (exact) mass is 420 g/mol. The Kier molecular flexibility index (Phi) is 4.33. The molecule has 1 aromatic heterocycles. The highest BCUT2D eigenvalue weighted by molar-refractivity contribution is 7.11. The Bertz CT molecular complexity index is 1240. The van der Waals surface area contributed by atoms with Crippen LogP contribution in [-0.2, 0) is 0 Å². The van der Waals surface area contributed by atoms with Gasteiger partial charge in [0, 0.05) is 16.5 Å². The molecule has 30 heavy (non-hydrogen) atoms. The third-order valence-electron chi connectivity index (χ3n) is 5.01. The Morgan fingerprint density at radius 1 is 1.10 bits per heavy atom. The number of hydrogen-bond acceptors (Lipinski definition) is 7. The highest BCUT2D eigenvalue weighted by Crippen LogP contribution is 2.40. The number of aryl methyl sites for hydroxylation is 1. The van der Waals surface area contributed by atoms with Crippen molar-refractivity contribution in [2.75, 3.05) is 6.79 Å². The van der Waals surface area contributed by atoms with E-state index in [1.54, 1.807) is 54.7 Å². The van der Waals surface area contributed by atoms with Crippen molar-refractivity contribution < 1.29 is 28.5 Å². The van der Waals surface area contributed by atoms with Crippen LogP contribution in [0.25, 0.3) is 6.08 Å². The van der Waals surface area contributed by atoms with Gasteiger partial charge in [-0.1, -0.05) is 0 Å². The van der Waals surface area contributed by atoms with Crippen molar-refractivity contribution in [1.82, 2.24) is 0 Å². The number of benzene rings is 2. The molecule has 0 aliphatic carbocycles. The van der Waals surface area contributed by atoms with Gasteiger partial charge in [0.15, 0.2) is 17.3 Å². The summed E-state index contributed by atoms with van der Waals surface area (Å²) in [4.78, 5) is 26.3. The average Bonchev–Trinajstić information content (AvgIpc) is 3.44. The summed E-state index contributed by atoms with van der Waals surface area (Å²) in [6, 6.07) is 10.1. The number of thiophene rings is 1. The van der Waals surface area contributed by atoms with Crippen LogP contribution < -0.4 is 18.9 Å². The molecule has 2 aliphatic rings. The first-order valence-electron chi connectivity index (χ1n) is 9.25. The van der Waals surface area contributed by atoms with Crippen LogP contribution >= 0.6 is 11.3 Å². The second kappa shape index (κ2) is 7.03. The average molecular weight is 420 g/mol. The van der Waals surface area contributed by atoms with Crippen molar-refractivity contribution in [2.45, 2.75) is 13.8 Å². The summed E-state index contributed by atoms with van der Waals surface area (Å²) in [5.74, 6) is 1.38. The topological polar surface area (TPSA) is 71.1 Å². The molecular formula is C23H16O6S. The van der Waals surface area contributed by atoms with Crippen molar-refractivity contribution in [3.8, 4) is 23.0 Å². The van der Waals surface area contributed by atoms with Gasteiger partial charge >= 0.3 is 5.97 Å². The van der Waals surface area contributed by atoms with E-state index in [0.29, 0.717) is 39.7 Å². The molecule has 150 valence electrons. The van der Waals surface area contributed by atoms with E-state index in [9.17, 15) is 9.59 Å². The number of fused-ring (bicyclic) bond motifs is 2. The van der Waals surface area contributed by atoms with Crippen LogP contribution in [0.5, 0.6) is 23.0 Å². The largest absolute Gasteiger partial charge is 0.454 e. The molecule has 0 spiro atoms. The van der Waals surface area contributed by atoms with Crippen molar-refractivity contribution in [3.63, 3.8) is 0 Å². The molecule has 0 fully saturated rings. The zero-order chi connectivity index (χ0) is 20.8. The maximum absolute atomic E-state index is 12.7. The zero-order valence-electron chi connectivity index (χ0n) is 16.2. The zero-order valence-corrected chi connectivity index (χ0v) is 17.0. The maximum Gasteiger partial charge on any atom is 0.343 e. The highest BCUT2D eigenvalue weighted by Gasteiger charge is 2.31. The van der Waals surface area contributed by atoms with Crippen molar-refractivity contribution in [3.05, 3.63) is 74.7 Å². The van der Waals surface area contributed by atoms with E-state index < -0.39 is 5.97 Å². The SMILES string of the molecule is Cc1ccsc1/C=C1\Oc2c(ccc(OC(=O)c3ccc4c(c3)OCO4)c2C)C1=O. The van der Waals surface area contributed by atoms with Gasteiger partial charge in [-0.3, -0.25) is 4.79 Å². The molecule has 0 atom stereocenters. The fourth-order valence-electron chi connectivity index (χ4n) is 3.31. The second-order valence-corrected chi connectivity index (χ2v) is 7.88. The summed E-state index contributed by atoms with van der Waals surface area (Å²) >= 11 is 1.54. The van der Waals surface area contributed by atoms with E-state index in [0.717, 1.165) is 10.4 Å². The number of allylic oxidation sites excluding steroid dienone is 1. The molecule has 2 aromatic carbocycles. The van der Waals surface area contributed by atoms with Gasteiger partial charge in [-0.15, -0.1) is 11.3 Å². The lowest BCUT2D eigenvalue weighted by Crippen LogP contribution is -2.09. The van der Waals surface area contributed by atoms with Crippen LogP contribution in [0.4, 0.5) is 0 Å². The molecule has 0 saturated carbocycles. The van der Waals surface area contributed by atoms with E-state index in [1.807, 2.05) is 18.4 Å². The van der Waals surface area contributed by atoms with Gasteiger partial charge in [-0.25, -0.2) is 4.79 Å². The molecule has 7 heteroatoms. The van der Waals surface area contributed by atoms with E-state index >= 15 is 0 Å². The Morgan fingerprint density at radius 3 is 2.73 bits per heavy atom. The fourth-order valence-corrected chi connectivity index (χ4v) is 4.16. The standard InChI is InChI=1S/C23H16O6S/c1-12-7-8-30-20(12)10-19-21(24)15-4-6-16(13(2)22(15)28-19)29-23(25)14-3-5-17-18(9-14)27-11-26-17/h3-10H,11H2,1-2H3/b19-10-. The van der Waals surface area contributed by atoms with Gasteiger partial charge in [0.25, 0.3) is 0 Å². The van der Waals surface area contributed by atoms with Crippen LogP contribution in [-0.4, -0.2) is 18.5 Å². The lowest BCUT2D eigenvalue weighted by molar-refractivity contribution is 0.0732. The number of Topliss-reactive ketones (excluding diaryl/α,β-unsaturated/α-hetero) is 1. The molecule has 2 aliphatic heterocycles. The number of esters is 1. The smallest absolute Gasteiger partial charge is 0.343 e. The minimum absolute atomic E-state index is 0.129. The van der Waals surface area contributed by atoms with Crippen LogP contribution in [0.2, 0.25) is 0 Å². The first kappa shape index (κ1) is 18.4. The molecule has 3 aromatic rings. The molecule has 3 heterocycles. The minimum atomic E-state index is -0.536. The predicted octanol–water partition coefficient (Wildman–Crippen LogP) is 4.93. The number of carbonyl (C=O) groups excluding carboxylic acids is 2. The molecule has 0 saturated heterocycles. The Morgan fingerprint density at radius 2 is 1.93 bits per heavy atom. The van der Waals surface area contributed by atoms with Crippen molar-refractivity contribution >= 4 is 29.2 Å². The van der Waals surface area contributed by atoms with Crippen molar-refractivity contribution in [2.24, 2.45) is 0 Å². The third kappa shape index (κ3) is 3.04. The number of carbonyl (C=O) groups is 2. The van der Waals surface area contributed by atoms with Gasteiger partial charge in [-0.05, 0) is 61.2 Å². The first-order valence-corrected chi connectivity index (χ1v) is 10.1. The third-order valence-corrected chi connectivity index (χ3v) is 5.98. The number of rotatable bonds is 3. The van der Waals surface area contributed by atoms with E-state index in [4.69, 9.17) is 18.9 Å². The van der Waals surface area contributed by atoms with Gasteiger partial charge in [-0.2, -0.15) is 0 Å². The summed E-state index contributed by atoms with van der Waals surface area (Å²) in [5, 5.41) is 1.97. The van der Waals surface area contributed by atoms with Crippen LogP contribution in [0, 0.1) is 13.8 Å². The summed E-state index contributed by atoms with van der Waals surface area (Å²) in [6.07, 6.45) is 1.75. The molecule has 5 rings (SSSR count). The number of hydrogen-bond donors (Lipinski definition) is 0. The van der Waals surface area contributed by atoms with Crippen LogP contribution in [0.15, 0.2) is 47.5 Å². The first-order chi connectivity index (χ1) is 14.5. The molecule has 0 bridgehead atoms. The number of ketones is 1. The van der Waals surface area contributed by atoms with Gasteiger partial charge < -0.3 is 18.9 Å². The summed E-state index contributed by atoms with van der Waals surface area (Å²) in [6.45, 7) is 3.87. The molecular weight excluding hydrogens is 404 g/mol. The Hall–Kier alpha value is -3.58. The Labute approximate surface area is 176 Å². The maximum atomic E-state index is 12.7. The van der Waals surface area contributed by atoms with E-state index in [-0.39, 0.29) is 18.3 Å². The van der Waals surface area contributed by atoms with E-state index in [1.165, 1.54) is 0 Å². The van der Waals surface area contributed by atoms with E-state index in [2.05, 4.69) is 0 Å². The molecule has 0 unspecified atom stereocenters. The summed E-state index contributed by atoms with van der Waals surface area (Å²) in [5.41, 5.74) is 2.46. The van der Waals surface area contributed by atoms with Gasteiger partial charge in [0.1, 0.15) is 11.5 Å². The lowest BCUT2D eigenvalue weighted by Gasteiger charge is -2.10. The Balaban J connectivity index is 1.41. The lowest BCUT2D eigenvalue weighted by atomic mass is 10.1. The molecule has 0 amide bonds. The minimum Gasteiger partial charge on any atom is -0.454 e.